The lowest BCUT2D eigenvalue weighted by Crippen LogP contribution is -2.43. The van der Waals surface area contributed by atoms with Gasteiger partial charge in [-0.3, -0.25) is 4.79 Å². The highest BCUT2D eigenvalue weighted by molar-refractivity contribution is 5.77. The summed E-state index contributed by atoms with van der Waals surface area (Å²) in [5.74, 6) is 1.94. The molecule has 1 aliphatic heterocycles. The van der Waals surface area contributed by atoms with Crippen LogP contribution in [0.5, 0.6) is 0 Å². The number of likely N-dealkylation sites (tertiary alicyclic amines) is 1. The Morgan fingerprint density at radius 1 is 1.00 bits per heavy atom. The Kier molecular flexibility index (Phi) is 9.95. The fourth-order valence-electron chi connectivity index (χ4n) is 3.85. The van der Waals surface area contributed by atoms with E-state index in [1.165, 1.54) is 58.0 Å². The summed E-state index contributed by atoms with van der Waals surface area (Å²) in [5.41, 5.74) is 0. The summed E-state index contributed by atoms with van der Waals surface area (Å²) in [5, 5.41) is 0. The number of nitrogens with zero attached hydrogens (tertiary/aromatic N) is 2. The third-order valence-corrected chi connectivity index (χ3v) is 5.58. The van der Waals surface area contributed by atoms with E-state index < -0.39 is 0 Å². The Bertz CT molecular complexity index is 346. The molecule has 1 saturated heterocycles. The van der Waals surface area contributed by atoms with Crippen LogP contribution in [0.25, 0.3) is 0 Å². The van der Waals surface area contributed by atoms with Crippen molar-refractivity contribution in [3.8, 4) is 0 Å². The fourth-order valence-corrected chi connectivity index (χ4v) is 3.85. The summed E-state index contributed by atoms with van der Waals surface area (Å²) in [6.07, 6.45) is 9.36. The van der Waals surface area contributed by atoms with Crippen LogP contribution >= 0.6 is 0 Å². The molecule has 0 aliphatic carbocycles. The van der Waals surface area contributed by atoms with Crippen LogP contribution in [0.3, 0.4) is 0 Å². The molecule has 1 fully saturated rings. The standard InChI is InChI=1S/C21H42N2O/c1-17(2)10-8-7-9-11-19(5)23-14-12-20(13-15-23)16-22(6)21(24)18(3)4/h17-20H,7-16H2,1-6H3. The number of unbranched alkanes of at least 4 members (excludes halogenated alkanes) is 2. The Labute approximate surface area is 151 Å². The van der Waals surface area contributed by atoms with Crippen molar-refractivity contribution in [1.29, 1.82) is 0 Å². The van der Waals surface area contributed by atoms with E-state index in [0.29, 0.717) is 5.92 Å². The molecule has 1 rings (SSSR count). The highest BCUT2D eigenvalue weighted by Gasteiger charge is 2.24. The van der Waals surface area contributed by atoms with E-state index in [0.717, 1.165) is 18.5 Å². The summed E-state index contributed by atoms with van der Waals surface area (Å²) >= 11 is 0. The van der Waals surface area contributed by atoms with Gasteiger partial charge >= 0.3 is 0 Å². The van der Waals surface area contributed by atoms with Crippen LogP contribution in [0.1, 0.15) is 79.6 Å². The molecule has 3 nitrogen and oxygen atoms in total. The van der Waals surface area contributed by atoms with Crippen LogP contribution < -0.4 is 0 Å². The van der Waals surface area contributed by atoms with E-state index in [2.05, 4.69) is 25.7 Å². The minimum atomic E-state index is 0.116. The maximum absolute atomic E-state index is 12.0. The molecule has 0 aromatic rings. The first-order chi connectivity index (χ1) is 11.3. The van der Waals surface area contributed by atoms with Gasteiger partial charge < -0.3 is 9.80 Å². The first-order valence-electron chi connectivity index (χ1n) is 10.3. The lowest BCUT2D eigenvalue weighted by Gasteiger charge is -2.37. The van der Waals surface area contributed by atoms with Gasteiger partial charge in [0.25, 0.3) is 0 Å². The molecule has 0 radical (unpaired) electrons. The number of rotatable bonds is 10. The second kappa shape index (κ2) is 11.1. The van der Waals surface area contributed by atoms with E-state index in [9.17, 15) is 4.79 Å². The second-order valence-corrected chi connectivity index (χ2v) is 8.73. The van der Waals surface area contributed by atoms with Gasteiger partial charge in [-0.2, -0.15) is 0 Å². The molecule has 0 aromatic heterocycles. The number of hydrogen-bond acceptors (Lipinski definition) is 2. The Hall–Kier alpha value is -0.570. The molecular weight excluding hydrogens is 296 g/mol. The molecule has 0 bridgehead atoms. The monoisotopic (exact) mass is 338 g/mol. The molecule has 142 valence electrons. The molecule has 3 heteroatoms. The van der Waals surface area contributed by atoms with Crippen molar-refractivity contribution in [3.05, 3.63) is 0 Å². The lowest BCUT2D eigenvalue weighted by molar-refractivity contribution is -0.133. The van der Waals surface area contributed by atoms with Gasteiger partial charge in [-0.05, 0) is 51.1 Å². The molecule has 0 N–H and O–H groups in total. The maximum Gasteiger partial charge on any atom is 0.224 e. The topological polar surface area (TPSA) is 23.6 Å². The van der Waals surface area contributed by atoms with E-state index in [1.807, 2.05) is 25.8 Å². The minimum absolute atomic E-state index is 0.116. The molecular formula is C21H42N2O. The van der Waals surface area contributed by atoms with Gasteiger partial charge in [-0.1, -0.05) is 53.4 Å². The SMILES string of the molecule is CC(C)CCCCCC(C)N1CCC(CN(C)C(=O)C(C)C)CC1. The Morgan fingerprint density at radius 2 is 1.58 bits per heavy atom. The third kappa shape index (κ3) is 8.00. The van der Waals surface area contributed by atoms with Crippen LogP contribution in [0.4, 0.5) is 0 Å². The van der Waals surface area contributed by atoms with Crippen molar-refractivity contribution >= 4 is 5.91 Å². The molecule has 1 heterocycles. The zero-order chi connectivity index (χ0) is 18.1. The van der Waals surface area contributed by atoms with Crippen LogP contribution in [0, 0.1) is 17.8 Å². The van der Waals surface area contributed by atoms with E-state index >= 15 is 0 Å². The van der Waals surface area contributed by atoms with Crippen molar-refractivity contribution in [2.24, 2.45) is 17.8 Å². The number of amides is 1. The average molecular weight is 339 g/mol. The smallest absolute Gasteiger partial charge is 0.224 e. The lowest BCUT2D eigenvalue weighted by atomic mass is 9.94. The Morgan fingerprint density at radius 3 is 2.12 bits per heavy atom. The maximum atomic E-state index is 12.0. The number of carbonyl (C=O) groups excluding carboxylic acids is 1. The molecule has 24 heavy (non-hydrogen) atoms. The number of hydrogen-bond donors (Lipinski definition) is 0. The first kappa shape index (κ1) is 21.5. The fraction of sp³-hybridized carbons (Fsp3) is 0.952. The summed E-state index contributed by atoms with van der Waals surface area (Å²) in [7, 11) is 1.97. The van der Waals surface area contributed by atoms with Crippen LogP contribution in [0.2, 0.25) is 0 Å². The van der Waals surface area contributed by atoms with Gasteiger partial charge in [0.2, 0.25) is 5.91 Å². The van der Waals surface area contributed by atoms with Crippen molar-refractivity contribution in [1.82, 2.24) is 9.80 Å². The highest BCUT2D eigenvalue weighted by Crippen LogP contribution is 2.22. The van der Waals surface area contributed by atoms with Crippen LogP contribution in [-0.4, -0.2) is 48.4 Å². The van der Waals surface area contributed by atoms with Crippen LogP contribution in [-0.2, 0) is 4.79 Å². The van der Waals surface area contributed by atoms with Crippen molar-refractivity contribution < 1.29 is 4.79 Å². The highest BCUT2D eigenvalue weighted by atomic mass is 16.2. The summed E-state index contributed by atoms with van der Waals surface area (Å²) in [6, 6.07) is 0.722. The van der Waals surface area contributed by atoms with Gasteiger partial charge in [0, 0.05) is 25.6 Å². The second-order valence-electron chi connectivity index (χ2n) is 8.73. The molecule has 0 spiro atoms. The van der Waals surface area contributed by atoms with Gasteiger partial charge in [0.1, 0.15) is 0 Å². The predicted octanol–water partition coefficient (Wildman–Crippen LogP) is 4.81. The first-order valence-corrected chi connectivity index (χ1v) is 10.3. The van der Waals surface area contributed by atoms with E-state index in [4.69, 9.17) is 0 Å². The average Bonchev–Trinajstić information content (AvgIpc) is 2.53. The molecule has 1 aliphatic rings. The van der Waals surface area contributed by atoms with Gasteiger partial charge in [-0.25, -0.2) is 0 Å². The predicted molar refractivity (Wildman–Crippen MR) is 104 cm³/mol. The van der Waals surface area contributed by atoms with E-state index in [1.54, 1.807) is 0 Å². The summed E-state index contributed by atoms with van der Waals surface area (Å²) in [4.78, 5) is 16.6. The van der Waals surface area contributed by atoms with Crippen LogP contribution in [0.15, 0.2) is 0 Å². The molecule has 0 saturated carbocycles. The van der Waals surface area contributed by atoms with Gasteiger partial charge in [-0.15, -0.1) is 0 Å². The molecule has 1 atom stereocenters. The molecule has 1 unspecified atom stereocenters. The largest absolute Gasteiger partial charge is 0.345 e. The third-order valence-electron chi connectivity index (χ3n) is 5.58. The zero-order valence-corrected chi connectivity index (χ0v) is 17.2. The normalized spacial score (nSPS) is 18.3. The zero-order valence-electron chi connectivity index (χ0n) is 17.2. The minimum Gasteiger partial charge on any atom is -0.345 e. The molecule has 1 amide bonds. The van der Waals surface area contributed by atoms with E-state index in [-0.39, 0.29) is 11.8 Å². The van der Waals surface area contributed by atoms with Crippen molar-refractivity contribution in [2.75, 3.05) is 26.7 Å². The Balaban J connectivity index is 2.19. The van der Waals surface area contributed by atoms with Crippen molar-refractivity contribution in [2.45, 2.75) is 85.6 Å². The number of piperidine rings is 1. The summed E-state index contributed by atoms with van der Waals surface area (Å²) < 4.78 is 0. The number of carbonyl (C=O) groups is 1. The van der Waals surface area contributed by atoms with Gasteiger partial charge in [0.15, 0.2) is 0 Å². The van der Waals surface area contributed by atoms with Crippen molar-refractivity contribution in [3.63, 3.8) is 0 Å². The summed E-state index contributed by atoms with van der Waals surface area (Å²) in [6.45, 7) is 14.4. The van der Waals surface area contributed by atoms with Gasteiger partial charge in [0.05, 0.1) is 0 Å². The quantitative estimate of drug-likeness (QED) is 0.534. The molecule has 0 aromatic carbocycles.